The molecule has 1 aromatic heterocycles. The van der Waals surface area contributed by atoms with E-state index >= 15 is 0 Å². The quantitative estimate of drug-likeness (QED) is 0.863. The molecule has 1 aromatic carbocycles. The van der Waals surface area contributed by atoms with Crippen LogP contribution in [-0.2, 0) is 6.42 Å². The standard InChI is InChI=1S/C12H13FN2O/c1-8-6-11(16-15-8)7-12(14)9-2-4-10(13)5-3-9/h2-6,12H,7,14H2,1H3. The maximum absolute atomic E-state index is 12.7. The fourth-order valence-electron chi connectivity index (χ4n) is 1.56. The Morgan fingerprint density at radius 3 is 2.62 bits per heavy atom. The molecule has 0 spiro atoms. The van der Waals surface area contributed by atoms with Crippen LogP contribution in [0.1, 0.15) is 23.1 Å². The van der Waals surface area contributed by atoms with Crippen molar-refractivity contribution in [3.63, 3.8) is 0 Å². The summed E-state index contributed by atoms with van der Waals surface area (Å²) in [6.45, 7) is 1.86. The molecule has 3 nitrogen and oxygen atoms in total. The second kappa shape index (κ2) is 4.45. The molecule has 2 rings (SSSR count). The first-order chi connectivity index (χ1) is 7.65. The van der Waals surface area contributed by atoms with Gasteiger partial charge in [0.1, 0.15) is 11.6 Å². The fraction of sp³-hybridized carbons (Fsp3) is 0.250. The molecule has 0 aliphatic carbocycles. The highest BCUT2D eigenvalue weighted by Crippen LogP contribution is 2.16. The van der Waals surface area contributed by atoms with Crippen LogP contribution in [0.4, 0.5) is 4.39 Å². The number of aromatic nitrogens is 1. The number of nitrogens with zero attached hydrogens (tertiary/aromatic N) is 1. The molecule has 0 aliphatic rings. The minimum Gasteiger partial charge on any atom is -0.361 e. The number of benzene rings is 1. The summed E-state index contributed by atoms with van der Waals surface area (Å²) in [6, 6.07) is 7.82. The molecule has 2 N–H and O–H groups in total. The minimum absolute atomic E-state index is 0.201. The molecule has 0 amide bonds. The second-order valence-electron chi connectivity index (χ2n) is 3.80. The van der Waals surface area contributed by atoms with Crippen LogP contribution in [0.3, 0.4) is 0 Å². The van der Waals surface area contributed by atoms with Crippen LogP contribution in [0.5, 0.6) is 0 Å². The van der Waals surface area contributed by atoms with Crippen LogP contribution in [-0.4, -0.2) is 5.16 Å². The van der Waals surface area contributed by atoms with Crippen molar-refractivity contribution in [3.8, 4) is 0 Å². The van der Waals surface area contributed by atoms with Gasteiger partial charge in [0.05, 0.1) is 5.69 Å². The molecule has 84 valence electrons. The molecule has 2 aromatic rings. The van der Waals surface area contributed by atoms with Gasteiger partial charge in [0, 0.05) is 18.5 Å². The number of hydrogen-bond donors (Lipinski definition) is 1. The molecule has 0 saturated heterocycles. The molecule has 0 aliphatic heterocycles. The van der Waals surface area contributed by atoms with Gasteiger partial charge in [-0.05, 0) is 24.6 Å². The van der Waals surface area contributed by atoms with Crippen LogP contribution in [0.25, 0.3) is 0 Å². The van der Waals surface area contributed by atoms with Crippen molar-refractivity contribution in [2.24, 2.45) is 5.73 Å². The third kappa shape index (κ3) is 2.46. The summed E-state index contributed by atoms with van der Waals surface area (Å²) in [5.41, 5.74) is 7.70. The predicted octanol–water partition coefficient (Wildman–Crippen LogP) is 2.36. The van der Waals surface area contributed by atoms with Crippen molar-refractivity contribution < 1.29 is 8.91 Å². The van der Waals surface area contributed by atoms with Gasteiger partial charge in [-0.15, -0.1) is 0 Å². The van der Waals surface area contributed by atoms with Crippen molar-refractivity contribution >= 4 is 0 Å². The number of rotatable bonds is 3. The Balaban J connectivity index is 2.08. The number of halogens is 1. The van der Waals surface area contributed by atoms with Crippen LogP contribution >= 0.6 is 0 Å². The largest absolute Gasteiger partial charge is 0.361 e. The van der Waals surface area contributed by atoms with Gasteiger partial charge in [-0.25, -0.2) is 4.39 Å². The lowest BCUT2D eigenvalue weighted by Crippen LogP contribution is -2.12. The average Bonchev–Trinajstić information content (AvgIpc) is 2.65. The molecule has 16 heavy (non-hydrogen) atoms. The lowest BCUT2D eigenvalue weighted by atomic mass is 10.0. The molecule has 0 bridgehead atoms. The molecular weight excluding hydrogens is 207 g/mol. The van der Waals surface area contributed by atoms with E-state index in [2.05, 4.69) is 5.16 Å². The fourth-order valence-corrected chi connectivity index (χ4v) is 1.56. The van der Waals surface area contributed by atoms with Gasteiger partial charge in [-0.1, -0.05) is 17.3 Å². The summed E-state index contributed by atoms with van der Waals surface area (Å²) in [4.78, 5) is 0. The zero-order valence-corrected chi connectivity index (χ0v) is 8.98. The number of aryl methyl sites for hydroxylation is 1. The monoisotopic (exact) mass is 220 g/mol. The molecule has 0 saturated carbocycles. The van der Waals surface area contributed by atoms with E-state index < -0.39 is 0 Å². The van der Waals surface area contributed by atoms with E-state index in [9.17, 15) is 4.39 Å². The summed E-state index contributed by atoms with van der Waals surface area (Å²) in [5, 5.41) is 3.79. The first-order valence-electron chi connectivity index (χ1n) is 5.08. The highest BCUT2D eigenvalue weighted by molar-refractivity contribution is 5.21. The predicted molar refractivity (Wildman–Crippen MR) is 58.3 cm³/mol. The van der Waals surface area contributed by atoms with E-state index in [1.807, 2.05) is 13.0 Å². The van der Waals surface area contributed by atoms with E-state index in [1.165, 1.54) is 12.1 Å². The van der Waals surface area contributed by atoms with Gasteiger partial charge in [0.2, 0.25) is 0 Å². The number of hydrogen-bond acceptors (Lipinski definition) is 3. The molecule has 0 fully saturated rings. The first kappa shape index (κ1) is 10.8. The van der Waals surface area contributed by atoms with Gasteiger partial charge in [0.25, 0.3) is 0 Å². The van der Waals surface area contributed by atoms with Crippen molar-refractivity contribution in [2.45, 2.75) is 19.4 Å². The zero-order valence-electron chi connectivity index (χ0n) is 8.98. The summed E-state index contributed by atoms with van der Waals surface area (Å²) >= 11 is 0. The zero-order chi connectivity index (χ0) is 11.5. The highest BCUT2D eigenvalue weighted by Gasteiger charge is 2.10. The molecule has 1 heterocycles. The Morgan fingerprint density at radius 1 is 1.38 bits per heavy atom. The Hall–Kier alpha value is -1.68. The highest BCUT2D eigenvalue weighted by atomic mass is 19.1. The summed E-state index contributed by atoms with van der Waals surface area (Å²) in [5.74, 6) is 0.487. The smallest absolute Gasteiger partial charge is 0.138 e. The summed E-state index contributed by atoms with van der Waals surface area (Å²) in [7, 11) is 0. The van der Waals surface area contributed by atoms with Gasteiger partial charge in [0.15, 0.2) is 0 Å². The summed E-state index contributed by atoms with van der Waals surface area (Å²) < 4.78 is 17.8. The normalized spacial score (nSPS) is 12.7. The van der Waals surface area contributed by atoms with Crippen molar-refractivity contribution in [2.75, 3.05) is 0 Å². The molecule has 0 radical (unpaired) electrons. The van der Waals surface area contributed by atoms with Gasteiger partial charge < -0.3 is 10.3 Å². The molecule has 1 unspecified atom stereocenters. The Bertz CT molecular complexity index is 464. The Morgan fingerprint density at radius 2 is 2.06 bits per heavy atom. The topological polar surface area (TPSA) is 52.0 Å². The SMILES string of the molecule is Cc1cc(CC(N)c2ccc(F)cc2)on1. The second-order valence-corrected chi connectivity index (χ2v) is 3.80. The van der Waals surface area contributed by atoms with Crippen molar-refractivity contribution in [3.05, 3.63) is 53.2 Å². The van der Waals surface area contributed by atoms with Crippen molar-refractivity contribution in [1.29, 1.82) is 0 Å². The third-order valence-corrected chi connectivity index (χ3v) is 2.40. The molecule has 4 heteroatoms. The lowest BCUT2D eigenvalue weighted by Gasteiger charge is -2.09. The van der Waals surface area contributed by atoms with E-state index in [-0.39, 0.29) is 11.9 Å². The Kier molecular flexibility index (Phi) is 3.01. The van der Waals surface area contributed by atoms with Gasteiger partial charge in [-0.2, -0.15) is 0 Å². The van der Waals surface area contributed by atoms with E-state index in [4.69, 9.17) is 10.3 Å². The van der Waals surface area contributed by atoms with E-state index in [1.54, 1.807) is 12.1 Å². The van der Waals surface area contributed by atoms with Gasteiger partial charge in [-0.3, -0.25) is 0 Å². The van der Waals surface area contributed by atoms with Crippen LogP contribution in [0, 0.1) is 12.7 Å². The van der Waals surface area contributed by atoms with Crippen LogP contribution in [0.15, 0.2) is 34.9 Å². The minimum atomic E-state index is -0.258. The lowest BCUT2D eigenvalue weighted by molar-refractivity contribution is 0.372. The number of nitrogens with two attached hydrogens (primary N) is 1. The maximum Gasteiger partial charge on any atom is 0.138 e. The summed E-state index contributed by atoms with van der Waals surface area (Å²) in [6.07, 6.45) is 0.562. The Labute approximate surface area is 93.1 Å². The van der Waals surface area contributed by atoms with Crippen LogP contribution < -0.4 is 5.73 Å². The van der Waals surface area contributed by atoms with Crippen LogP contribution in [0.2, 0.25) is 0 Å². The third-order valence-electron chi connectivity index (χ3n) is 2.40. The first-order valence-corrected chi connectivity index (χ1v) is 5.08. The molecular formula is C12H13FN2O. The van der Waals surface area contributed by atoms with E-state index in [0.29, 0.717) is 6.42 Å². The van der Waals surface area contributed by atoms with Gasteiger partial charge >= 0.3 is 0 Å². The maximum atomic E-state index is 12.7. The molecule has 1 atom stereocenters. The van der Waals surface area contributed by atoms with E-state index in [0.717, 1.165) is 17.0 Å². The van der Waals surface area contributed by atoms with Crippen molar-refractivity contribution in [1.82, 2.24) is 5.16 Å². The average molecular weight is 220 g/mol.